The van der Waals surface area contributed by atoms with Gasteiger partial charge in [0, 0.05) is 18.2 Å². The molecule has 0 saturated heterocycles. The van der Waals surface area contributed by atoms with Crippen LogP contribution in [0, 0.1) is 0 Å². The van der Waals surface area contributed by atoms with Crippen LogP contribution in [0.1, 0.15) is 5.56 Å². The van der Waals surface area contributed by atoms with Gasteiger partial charge in [0.05, 0.1) is 18.7 Å². The summed E-state index contributed by atoms with van der Waals surface area (Å²) in [7, 11) is 3.04. The second kappa shape index (κ2) is 8.77. The first kappa shape index (κ1) is 19.0. The fraction of sp³-hybridized carbons (Fsp3) is 0.211. The summed E-state index contributed by atoms with van der Waals surface area (Å²) in [4.78, 5) is 13.1. The van der Waals surface area contributed by atoms with Gasteiger partial charge in [0.1, 0.15) is 5.75 Å². The quantitative estimate of drug-likeness (QED) is 0.622. The molecule has 0 saturated carbocycles. The molecule has 2 aromatic carbocycles. The minimum atomic E-state index is -0.109. The molecule has 0 aliphatic rings. The fourth-order valence-corrected chi connectivity index (χ4v) is 2.57. The first-order chi connectivity index (χ1) is 13.1. The highest BCUT2D eigenvalue weighted by Crippen LogP contribution is 2.29. The Labute approximate surface area is 161 Å². The molecule has 3 rings (SSSR count). The molecule has 7 nitrogen and oxygen atoms in total. The van der Waals surface area contributed by atoms with Gasteiger partial charge in [-0.25, -0.2) is 4.98 Å². The van der Waals surface area contributed by atoms with Crippen LogP contribution in [0.5, 0.6) is 11.8 Å². The van der Waals surface area contributed by atoms with Gasteiger partial charge in [0.15, 0.2) is 18.4 Å². The number of halogens is 1. The summed E-state index contributed by atoms with van der Waals surface area (Å²) in [5.41, 5.74) is 2.05. The van der Waals surface area contributed by atoms with Crippen LogP contribution in [0.15, 0.2) is 42.5 Å². The zero-order chi connectivity index (χ0) is 19.2. The maximum atomic E-state index is 9.38. The molecule has 0 atom stereocenters. The summed E-state index contributed by atoms with van der Waals surface area (Å²) >= 11 is 6.30. The minimum absolute atomic E-state index is 0.109. The van der Waals surface area contributed by atoms with Crippen LogP contribution in [-0.4, -0.2) is 41.1 Å². The minimum Gasteiger partial charge on any atom is -0.468 e. The van der Waals surface area contributed by atoms with Gasteiger partial charge in [-0.15, -0.1) is 0 Å². The number of nitrogens with zero attached hydrogens (tertiary/aromatic N) is 3. The average Bonchev–Trinajstić information content (AvgIpc) is 2.72. The lowest BCUT2D eigenvalue weighted by atomic mass is 10.1. The third-order valence-electron chi connectivity index (χ3n) is 3.71. The molecule has 0 aliphatic carbocycles. The highest BCUT2D eigenvalue weighted by atomic mass is 35.5. The van der Waals surface area contributed by atoms with Crippen molar-refractivity contribution in [3.05, 3.63) is 53.1 Å². The first-order valence-electron chi connectivity index (χ1n) is 8.06. The molecule has 0 amide bonds. The lowest BCUT2D eigenvalue weighted by Crippen LogP contribution is -2.02. The van der Waals surface area contributed by atoms with Crippen molar-refractivity contribution in [3.63, 3.8) is 0 Å². The predicted octanol–water partition coefficient (Wildman–Crippen LogP) is 3.34. The molecular formula is C19H18ClN3O4. The normalized spacial score (nSPS) is 10.7. The standard InChI is InChI=1S/C19H18ClN3O4/c1-25-11-27-14-6-4-13(5-7-14)17-21-18(23-19(22-17)26-2)15-9-12(10-24)3-8-16(15)20/h3-9,24H,10-11H2,1-2H3. The van der Waals surface area contributed by atoms with Gasteiger partial charge in [0.25, 0.3) is 0 Å². The van der Waals surface area contributed by atoms with E-state index in [0.717, 1.165) is 5.56 Å². The Bertz CT molecular complexity index is 919. The van der Waals surface area contributed by atoms with Crippen molar-refractivity contribution in [2.45, 2.75) is 6.61 Å². The van der Waals surface area contributed by atoms with E-state index in [1.165, 1.54) is 7.11 Å². The molecule has 1 aromatic heterocycles. The molecule has 0 radical (unpaired) electrons. The van der Waals surface area contributed by atoms with Gasteiger partial charge in [-0.1, -0.05) is 17.7 Å². The summed E-state index contributed by atoms with van der Waals surface area (Å²) in [6.07, 6.45) is 0. The van der Waals surface area contributed by atoms with Crippen molar-refractivity contribution >= 4 is 11.6 Å². The Balaban J connectivity index is 2.01. The summed E-state index contributed by atoms with van der Waals surface area (Å²) in [5, 5.41) is 9.85. The van der Waals surface area contributed by atoms with Crippen molar-refractivity contribution in [1.29, 1.82) is 0 Å². The van der Waals surface area contributed by atoms with Crippen LogP contribution in [-0.2, 0) is 11.3 Å². The summed E-state index contributed by atoms with van der Waals surface area (Å²) in [6, 6.07) is 12.6. The topological polar surface area (TPSA) is 86.6 Å². The number of aliphatic hydroxyl groups excluding tert-OH is 1. The molecule has 8 heteroatoms. The molecule has 3 aromatic rings. The zero-order valence-corrected chi connectivity index (χ0v) is 15.6. The molecular weight excluding hydrogens is 370 g/mol. The van der Waals surface area contributed by atoms with Crippen LogP contribution in [0.25, 0.3) is 22.8 Å². The maximum Gasteiger partial charge on any atom is 0.320 e. The SMILES string of the molecule is COCOc1ccc(-c2nc(OC)nc(-c3cc(CO)ccc3Cl)n2)cc1. The number of aliphatic hydroxyl groups is 1. The third kappa shape index (κ3) is 4.51. The van der Waals surface area contributed by atoms with E-state index in [9.17, 15) is 5.11 Å². The molecule has 0 fully saturated rings. The zero-order valence-electron chi connectivity index (χ0n) is 14.8. The smallest absolute Gasteiger partial charge is 0.320 e. The van der Waals surface area contributed by atoms with Crippen molar-refractivity contribution in [3.8, 4) is 34.5 Å². The molecule has 0 spiro atoms. The van der Waals surface area contributed by atoms with E-state index in [4.69, 9.17) is 25.8 Å². The van der Waals surface area contributed by atoms with Crippen LogP contribution in [0.4, 0.5) is 0 Å². The number of benzene rings is 2. The lowest BCUT2D eigenvalue weighted by molar-refractivity contribution is 0.0511. The number of methoxy groups -OCH3 is 2. The van der Waals surface area contributed by atoms with Gasteiger partial charge in [0.2, 0.25) is 0 Å². The van der Waals surface area contributed by atoms with E-state index in [1.807, 2.05) is 12.1 Å². The van der Waals surface area contributed by atoms with E-state index in [2.05, 4.69) is 15.0 Å². The Morgan fingerprint density at radius 1 is 0.963 bits per heavy atom. The van der Waals surface area contributed by atoms with Crippen molar-refractivity contribution in [1.82, 2.24) is 15.0 Å². The maximum absolute atomic E-state index is 9.38. The van der Waals surface area contributed by atoms with Crippen LogP contribution in [0.3, 0.4) is 0 Å². The predicted molar refractivity (Wildman–Crippen MR) is 101 cm³/mol. The molecule has 0 aliphatic heterocycles. The van der Waals surface area contributed by atoms with Gasteiger partial charge < -0.3 is 19.3 Å². The third-order valence-corrected chi connectivity index (χ3v) is 4.04. The Morgan fingerprint density at radius 3 is 2.37 bits per heavy atom. The largest absolute Gasteiger partial charge is 0.468 e. The van der Waals surface area contributed by atoms with Crippen molar-refractivity contribution in [2.24, 2.45) is 0 Å². The molecule has 1 heterocycles. The summed E-state index contributed by atoms with van der Waals surface area (Å²) in [5.74, 6) is 1.46. The molecule has 27 heavy (non-hydrogen) atoms. The van der Waals surface area contributed by atoms with Crippen LogP contribution < -0.4 is 9.47 Å². The van der Waals surface area contributed by atoms with Gasteiger partial charge in [-0.3, -0.25) is 0 Å². The van der Waals surface area contributed by atoms with E-state index in [-0.39, 0.29) is 19.4 Å². The van der Waals surface area contributed by atoms with Crippen LogP contribution >= 0.6 is 11.6 Å². The number of hydrogen-bond acceptors (Lipinski definition) is 7. The van der Waals surface area contributed by atoms with Crippen molar-refractivity contribution in [2.75, 3.05) is 21.0 Å². The number of rotatable bonds is 7. The van der Waals surface area contributed by atoms with Gasteiger partial charge in [-0.05, 0) is 42.0 Å². The summed E-state index contributed by atoms with van der Waals surface area (Å²) < 4.78 is 15.5. The van der Waals surface area contributed by atoms with E-state index in [0.29, 0.717) is 33.5 Å². The highest BCUT2D eigenvalue weighted by Gasteiger charge is 2.14. The average molecular weight is 388 g/mol. The van der Waals surface area contributed by atoms with E-state index < -0.39 is 0 Å². The first-order valence-corrected chi connectivity index (χ1v) is 8.44. The van der Waals surface area contributed by atoms with Crippen LogP contribution in [0.2, 0.25) is 5.02 Å². The Morgan fingerprint density at radius 2 is 1.70 bits per heavy atom. The van der Waals surface area contributed by atoms with Crippen molar-refractivity contribution < 1.29 is 19.3 Å². The Kier molecular flexibility index (Phi) is 6.18. The van der Waals surface area contributed by atoms with E-state index >= 15 is 0 Å². The molecule has 140 valence electrons. The second-order valence-corrected chi connectivity index (χ2v) is 5.92. The van der Waals surface area contributed by atoms with E-state index in [1.54, 1.807) is 37.4 Å². The lowest BCUT2D eigenvalue weighted by Gasteiger charge is -2.09. The fourth-order valence-electron chi connectivity index (χ4n) is 2.37. The molecule has 0 unspecified atom stereocenters. The van der Waals surface area contributed by atoms with Gasteiger partial charge >= 0.3 is 6.01 Å². The van der Waals surface area contributed by atoms with Gasteiger partial charge in [-0.2, -0.15) is 9.97 Å². The Hall–Kier alpha value is -2.74. The number of aromatic nitrogens is 3. The second-order valence-electron chi connectivity index (χ2n) is 5.52. The molecule has 0 bridgehead atoms. The number of hydrogen-bond donors (Lipinski definition) is 1. The number of ether oxygens (including phenoxy) is 3. The highest BCUT2D eigenvalue weighted by molar-refractivity contribution is 6.33. The monoisotopic (exact) mass is 387 g/mol. The summed E-state index contributed by atoms with van der Waals surface area (Å²) in [6.45, 7) is 0.0605. The molecule has 1 N–H and O–H groups in total.